The van der Waals surface area contributed by atoms with Crippen LogP contribution >= 0.6 is 10.7 Å². The molecule has 1 heterocycles. The third-order valence-electron chi connectivity index (χ3n) is 2.57. The number of aromatic nitrogens is 3. The molecule has 20 heavy (non-hydrogen) atoms. The average Bonchev–Trinajstić information content (AvgIpc) is 2.72. The van der Waals surface area contributed by atoms with Crippen LogP contribution in [-0.4, -0.2) is 23.2 Å². The number of nitrogens with zero attached hydrogens (tertiary/aromatic N) is 3. The van der Waals surface area contributed by atoms with Crippen LogP contribution in [0.4, 0.5) is 8.78 Å². The van der Waals surface area contributed by atoms with Gasteiger partial charge in [0.2, 0.25) is 0 Å². The number of hydrogen-bond acceptors (Lipinski definition) is 4. The number of halogens is 3. The van der Waals surface area contributed by atoms with E-state index < -0.39 is 25.8 Å². The molecule has 0 saturated carbocycles. The highest BCUT2D eigenvalue weighted by Crippen LogP contribution is 2.28. The van der Waals surface area contributed by atoms with Crippen molar-refractivity contribution in [1.29, 1.82) is 0 Å². The van der Waals surface area contributed by atoms with Crippen molar-refractivity contribution in [2.45, 2.75) is 25.0 Å². The molecule has 0 saturated heterocycles. The Morgan fingerprint density at radius 2 is 1.90 bits per heavy atom. The molecule has 0 spiro atoms. The molecule has 0 radical (unpaired) electrons. The second kappa shape index (κ2) is 5.10. The van der Waals surface area contributed by atoms with Crippen molar-refractivity contribution >= 4 is 19.7 Å². The van der Waals surface area contributed by atoms with E-state index in [1.54, 1.807) is 13.8 Å². The first kappa shape index (κ1) is 14.9. The van der Waals surface area contributed by atoms with E-state index in [1.807, 2.05) is 0 Å². The molecule has 1 aromatic carbocycles. The molecule has 1 aromatic heterocycles. The summed E-state index contributed by atoms with van der Waals surface area (Å²) < 4.78 is 50.7. The van der Waals surface area contributed by atoms with Crippen LogP contribution in [-0.2, 0) is 9.05 Å². The Bertz CT molecular complexity index is 759. The number of benzene rings is 1. The van der Waals surface area contributed by atoms with E-state index in [1.165, 1.54) is 4.57 Å². The lowest BCUT2D eigenvalue weighted by atomic mass is 10.2. The first-order valence-electron chi connectivity index (χ1n) is 5.57. The molecule has 0 aliphatic carbocycles. The summed E-state index contributed by atoms with van der Waals surface area (Å²) in [6.07, 6.45) is 0. The van der Waals surface area contributed by atoms with Crippen molar-refractivity contribution in [3.05, 3.63) is 29.8 Å². The highest BCUT2D eigenvalue weighted by molar-refractivity contribution is 8.13. The van der Waals surface area contributed by atoms with E-state index >= 15 is 0 Å². The van der Waals surface area contributed by atoms with Gasteiger partial charge in [-0.25, -0.2) is 17.2 Å². The molecule has 0 amide bonds. The Kier molecular flexibility index (Phi) is 3.79. The predicted octanol–water partition coefficient (Wildman–Crippen LogP) is 2.73. The summed E-state index contributed by atoms with van der Waals surface area (Å²) in [7, 11) is 1.15. The summed E-state index contributed by atoms with van der Waals surface area (Å²) in [4.78, 5) is 0. The molecule has 0 atom stereocenters. The molecule has 0 unspecified atom stereocenters. The van der Waals surface area contributed by atoms with Gasteiger partial charge >= 0.3 is 0 Å². The lowest BCUT2D eigenvalue weighted by molar-refractivity contribution is 0.527. The zero-order valence-corrected chi connectivity index (χ0v) is 12.1. The van der Waals surface area contributed by atoms with Crippen LogP contribution in [0.5, 0.6) is 0 Å². The molecule has 0 bridgehead atoms. The zero-order chi connectivity index (χ0) is 15.1. The average molecular weight is 322 g/mol. The summed E-state index contributed by atoms with van der Waals surface area (Å²) >= 11 is 0. The molecular formula is C11H10ClF2N3O2S. The van der Waals surface area contributed by atoms with Gasteiger partial charge in [0.1, 0.15) is 11.6 Å². The van der Waals surface area contributed by atoms with Gasteiger partial charge < -0.3 is 0 Å². The second-order valence-electron chi connectivity index (χ2n) is 4.33. The zero-order valence-electron chi connectivity index (χ0n) is 10.5. The van der Waals surface area contributed by atoms with Crippen molar-refractivity contribution in [2.75, 3.05) is 0 Å². The Hall–Kier alpha value is -1.54. The molecule has 0 N–H and O–H groups in total. The summed E-state index contributed by atoms with van der Waals surface area (Å²) in [5.74, 6) is -1.64. The molecule has 2 aromatic rings. The molecule has 108 valence electrons. The minimum absolute atomic E-state index is 0.0308. The maximum absolute atomic E-state index is 13.8. The van der Waals surface area contributed by atoms with E-state index in [4.69, 9.17) is 10.7 Å². The molecule has 0 aliphatic rings. The first-order valence-corrected chi connectivity index (χ1v) is 7.87. The van der Waals surface area contributed by atoms with Crippen molar-refractivity contribution < 1.29 is 17.2 Å². The smallest absolute Gasteiger partial charge is 0.294 e. The Morgan fingerprint density at radius 1 is 1.25 bits per heavy atom. The highest BCUT2D eigenvalue weighted by Gasteiger charge is 2.26. The second-order valence-corrected chi connectivity index (χ2v) is 6.79. The minimum Gasteiger partial charge on any atom is -0.294 e. The predicted molar refractivity (Wildman–Crippen MR) is 68.8 cm³/mol. The van der Waals surface area contributed by atoms with Crippen LogP contribution in [0.2, 0.25) is 0 Å². The van der Waals surface area contributed by atoms with Crippen molar-refractivity contribution in [1.82, 2.24) is 14.8 Å². The van der Waals surface area contributed by atoms with Crippen molar-refractivity contribution in [3.8, 4) is 11.4 Å². The molecular weight excluding hydrogens is 312 g/mol. The summed E-state index contributed by atoms with van der Waals surface area (Å²) in [6, 6.07) is 2.52. The summed E-state index contributed by atoms with van der Waals surface area (Å²) in [5, 5.41) is 6.65. The van der Waals surface area contributed by atoms with E-state index in [-0.39, 0.29) is 17.4 Å². The van der Waals surface area contributed by atoms with E-state index in [2.05, 4.69) is 10.2 Å². The van der Waals surface area contributed by atoms with Crippen LogP contribution in [0, 0.1) is 11.6 Å². The van der Waals surface area contributed by atoms with Crippen LogP contribution in [0.3, 0.4) is 0 Å². The largest absolute Gasteiger partial charge is 0.296 e. The monoisotopic (exact) mass is 321 g/mol. The van der Waals surface area contributed by atoms with Crippen LogP contribution in [0.25, 0.3) is 11.4 Å². The van der Waals surface area contributed by atoms with Gasteiger partial charge in [0.15, 0.2) is 5.82 Å². The first-order chi connectivity index (χ1) is 9.21. The molecule has 2 rings (SSSR count). The fourth-order valence-corrected chi connectivity index (χ4v) is 2.75. The topological polar surface area (TPSA) is 64.8 Å². The lowest BCUT2D eigenvalue weighted by Crippen LogP contribution is -2.10. The summed E-state index contributed by atoms with van der Waals surface area (Å²) in [5.41, 5.74) is -0.0563. The third-order valence-corrected chi connectivity index (χ3v) is 3.70. The quantitative estimate of drug-likeness (QED) is 0.815. The van der Waals surface area contributed by atoms with Gasteiger partial charge in [-0.2, -0.15) is 0 Å². The Labute approximate surface area is 118 Å². The molecule has 0 fully saturated rings. The van der Waals surface area contributed by atoms with Gasteiger partial charge in [0.05, 0.1) is 5.56 Å². The molecule has 5 nitrogen and oxygen atoms in total. The SMILES string of the molecule is CC(C)n1c(-c2ccc(F)cc2F)nnc1S(=O)(=O)Cl. The van der Waals surface area contributed by atoms with Gasteiger partial charge in [-0.15, -0.1) is 10.2 Å². The van der Waals surface area contributed by atoms with Gasteiger partial charge in [-0.1, -0.05) is 0 Å². The fraction of sp³-hybridized carbons (Fsp3) is 0.273. The van der Waals surface area contributed by atoms with Crippen LogP contribution < -0.4 is 0 Å². The van der Waals surface area contributed by atoms with Gasteiger partial charge in [-0.05, 0) is 26.0 Å². The normalized spacial score (nSPS) is 12.1. The molecule has 9 heteroatoms. The van der Waals surface area contributed by atoms with Gasteiger partial charge in [-0.3, -0.25) is 4.57 Å². The number of rotatable bonds is 3. The maximum atomic E-state index is 13.8. The summed E-state index contributed by atoms with van der Waals surface area (Å²) in [6.45, 7) is 3.33. The standard InChI is InChI=1S/C11H10ClF2N3O2S/c1-6(2)17-10(15-16-11(17)20(12,18)19)8-4-3-7(13)5-9(8)14/h3-6H,1-2H3. The van der Waals surface area contributed by atoms with Gasteiger partial charge in [0, 0.05) is 22.8 Å². The van der Waals surface area contributed by atoms with Crippen molar-refractivity contribution in [2.24, 2.45) is 0 Å². The van der Waals surface area contributed by atoms with E-state index in [0.717, 1.165) is 12.1 Å². The van der Waals surface area contributed by atoms with Crippen LogP contribution in [0.15, 0.2) is 23.4 Å². The van der Waals surface area contributed by atoms with Crippen LogP contribution in [0.1, 0.15) is 19.9 Å². The van der Waals surface area contributed by atoms with E-state index in [0.29, 0.717) is 6.07 Å². The lowest BCUT2D eigenvalue weighted by Gasteiger charge is -2.12. The van der Waals surface area contributed by atoms with Crippen molar-refractivity contribution in [3.63, 3.8) is 0 Å². The Morgan fingerprint density at radius 3 is 2.40 bits per heavy atom. The maximum Gasteiger partial charge on any atom is 0.296 e. The third kappa shape index (κ3) is 2.66. The highest BCUT2D eigenvalue weighted by atomic mass is 35.7. The number of hydrogen-bond donors (Lipinski definition) is 0. The van der Waals surface area contributed by atoms with E-state index in [9.17, 15) is 17.2 Å². The Balaban J connectivity index is 2.73. The van der Waals surface area contributed by atoms with Gasteiger partial charge in [0.25, 0.3) is 14.2 Å². The minimum atomic E-state index is -4.12. The molecule has 0 aliphatic heterocycles. The fourth-order valence-electron chi connectivity index (χ4n) is 1.76.